The van der Waals surface area contributed by atoms with Crippen LogP contribution in [0.1, 0.15) is 50.8 Å². The molecule has 16 heavy (non-hydrogen) atoms. The van der Waals surface area contributed by atoms with Crippen molar-refractivity contribution in [2.75, 3.05) is 0 Å². The molecular weight excluding hydrogens is 194 g/mol. The average Bonchev–Trinajstić information content (AvgIpc) is 2.67. The minimum Gasteiger partial charge on any atom is -0.358 e. The summed E-state index contributed by atoms with van der Waals surface area (Å²) >= 11 is 0. The van der Waals surface area contributed by atoms with Gasteiger partial charge < -0.3 is 4.98 Å². The zero-order valence-corrected chi connectivity index (χ0v) is 10.5. The highest BCUT2D eigenvalue weighted by Gasteiger charge is 2.03. The number of nitrogens with one attached hydrogen (secondary N) is 1. The van der Waals surface area contributed by atoms with Crippen molar-refractivity contribution in [1.82, 2.24) is 4.98 Å². The fraction of sp³-hybridized carbons (Fsp3) is 0.467. The molecule has 0 unspecified atom stereocenters. The smallest absolute Gasteiger partial charge is 0.0456 e. The van der Waals surface area contributed by atoms with E-state index in [9.17, 15) is 0 Å². The Hall–Kier alpha value is -1.24. The van der Waals surface area contributed by atoms with E-state index in [4.69, 9.17) is 0 Å². The molecule has 1 N–H and O–H groups in total. The molecule has 1 aromatic carbocycles. The van der Waals surface area contributed by atoms with E-state index in [0.717, 1.165) is 0 Å². The number of hydrogen-bond acceptors (Lipinski definition) is 0. The van der Waals surface area contributed by atoms with Gasteiger partial charge in [-0.25, -0.2) is 0 Å². The van der Waals surface area contributed by atoms with E-state index in [2.05, 4.69) is 50.0 Å². The van der Waals surface area contributed by atoms with Crippen molar-refractivity contribution in [3.05, 3.63) is 35.5 Å². The quantitative estimate of drug-likeness (QED) is 0.765. The molecule has 0 aliphatic heterocycles. The van der Waals surface area contributed by atoms with Gasteiger partial charge in [0.05, 0.1) is 0 Å². The van der Waals surface area contributed by atoms with Gasteiger partial charge in [-0.15, -0.1) is 0 Å². The number of benzene rings is 1. The SMILES string of the molecule is CCCCc1cc2cc(C(C)C)ccc2[nH]1. The average molecular weight is 215 g/mol. The number of aromatic amines is 1. The van der Waals surface area contributed by atoms with Crippen LogP contribution in [0.3, 0.4) is 0 Å². The topological polar surface area (TPSA) is 15.8 Å². The Balaban J connectivity index is 2.30. The second-order valence-corrected chi connectivity index (χ2v) is 4.90. The van der Waals surface area contributed by atoms with E-state index >= 15 is 0 Å². The lowest BCUT2D eigenvalue weighted by Crippen LogP contribution is -1.85. The van der Waals surface area contributed by atoms with E-state index in [1.165, 1.54) is 41.4 Å². The molecule has 0 fully saturated rings. The van der Waals surface area contributed by atoms with Crippen LogP contribution in [0, 0.1) is 0 Å². The molecular formula is C15H21N. The summed E-state index contributed by atoms with van der Waals surface area (Å²) in [7, 11) is 0. The Morgan fingerprint density at radius 3 is 2.69 bits per heavy atom. The molecule has 0 saturated carbocycles. The Kier molecular flexibility index (Phi) is 3.33. The molecule has 0 amide bonds. The lowest BCUT2D eigenvalue weighted by molar-refractivity contribution is 0.782. The summed E-state index contributed by atoms with van der Waals surface area (Å²) in [6.45, 7) is 6.72. The van der Waals surface area contributed by atoms with Crippen molar-refractivity contribution in [2.45, 2.75) is 46.0 Å². The van der Waals surface area contributed by atoms with Crippen molar-refractivity contribution in [2.24, 2.45) is 0 Å². The summed E-state index contributed by atoms with van der Waals surface area (Å²) in [5, 5.41) is 1.36. The van der Waals surface area contributed by atoms with Crippen molar-refractivity contribution in [3.63, 3.8) is 0 Å². The van der Waals surface area contributed by atoms with Crippen LogP contribution in [-0.4, -0.2) is 4.98 Å². The molecule has 1 aromatic heterocycles. The molecule has 1 heterocycles. The van der Waals surface area contributed by atoms with Crippen molar-refractivity contribution in [3.8, 4) is 0 Å². The van der Waals surface area contributed by atoms with Crippen LogP contribution in [0.4, 0.5) is 0 Å². The fourth-order valence-corrected chi connectivity index (χ4v) is 2.07. The maximum Gasteiger partial charge on any atom is 0.0456 e. The molecule has 1 heteroatoms. The molecule has 0 aliphatic carbocycles. The third kappa shape index (κ3) is 2.29. The lowest BCUT2D eigenvalue weighted by atomic mass is 10.0. The van der Waals surface area contributed by atoms with Crippen LogP contribution in [-0.2, 0) is 6.42 Å². The Bertz CT molecular complexity index is 465. The normalized spacial score (nSPS) is 11.5. The van der Waals surface area contributed by atoms with Gasteiger partial charge in [0.25, 0.3) is 0 Å². The van der Waals surface area contributed by atoms with Crippen LogP contribution in [0.25, 0.3) is 10.9 Å². The van der Waals surface area contributed by atoms with Crippen LogP contribution in [0.2, 0.25) is 0 Å². The monoisotopic (exact) mass is 215 g/mol. The van der Waals surface area contributed by atoms with Gasteiger partial charge in [0.2, 0.25) is 0 Å². The number of aryl methyl sites for hydroxylation is 1. The largest absolute Gasteiger partial charge is 0.358 e. The highest BCUT2D eigenvalue weighted by atomic mass is 14.7. The predicted molar refractivity (Wildman–Crippen MR) is 71.0 cm³/mol. The van der Waals surface area contributed by atoms with Crippen LogP contribution >= 0.6 is 0 Å². The lowest BCUT2D eigenvalue weighted by Gasteiger charge is -2.03. The first-order chi connectivity index (χ1) is 7.70. The molecule has 2 aromatic rings. The maximum atomic E-state index is 3.50. The molecule has 0 aliphatic rings. The first-order valence-corrected chi connectivity index (χ1v) is 6.32. The van der Waals surface area contributed by atoms with Gasteiger partial charge in [-0.1, -0.05) is 33.3 Å². The Morgan fingerprint density at radius 2 is 2.00 bits per heavy atom. The zero-order valence-electron chi connectivity index (χ0n) is 10.5. The highest BCUT2D eigenvalue weighted by molar-refractivity contribution is 5.81. The molecule has 0 saturated heterocycles. The van der Waals surface area contributed by atoms with Gasteiger partial charge in [0.1, 0.15) is 0 Å². The number of fused-ring (bicyclic) bond motifs is 1. The summed E-state index contributed by atoms with van der Waals surface area (Å²) in [5.41, 5.74) is 4.07. The molecule has 0 spiro atoms. The van der Waals surface area contributed by atoms with Gasteiger partial charge in [0, 0.05) is 11.2 Å². The molecule has 86 valence electrons. The van der Waals surface area contributed by atoms with Crippen molar-refractivity contribution >= 4 is 10.9 Å². The number of aromatic nitrogens is 1. The van der Waals surface area contributed by atoms with E-state index in [0.29, 0.717) is 5.92 Å². The molecule has 0 bridgehead atoms. The predicted octanol–water partition coefficient (Wildman–Crippen LogP) is 4.63. The minimum absolute atomic E-state index is 0.610. The summed E-state index contributed by atoms with van der Waals surface area (Å²) in [5.74, 6) is 0.610. The zero-order chi connectivity index (χ0) is 11.5. The first-order valence-electron chi connectivity index (χ1n) is 6.32. The van der Waals surface area contributed by atoms with E-state index in [1.807, 2.05) is 0 Å². The first kappa shape index (κ1) is 11.3. The van der Waals surface area contributed by atoms with Crippen LogP contribution in [0.15, 0.2) is 24.3 Å². The van der Waals surface area contributed by atoms with Gasteiger partial charge in [0.15, 0.2) is 0 Å². The summed E-state index contributed by atoms with van der Waals surface area (Å²) < 4.78 is 0. The molecule has 0 radical (unpaired) electrons. The Labute approximate surface area is 97.9 Å². The van der Waals surface area contributed by atoms with E-state index in [-0.39, 0.29) is 0 Å². The molecule has 2 rings (SSSR count). The van der Waals surface area contributed by atoms with Gasteiger partial charge in [-0.05, 0) is 47.9 Å². The summed E-state index contributed by atoms with van der Waals surface area (Å²) in [6, 6.07) is 9.05. The molecule has 0 atom stereocenters. The third-order valence-electron chi connectivity index (χ3n) is 3.17. The molecule has 1 nitrogen and oxygen atoms in total. The minimum atomic E-state index is 0.610. The standard InChI is InChI=1S/C15H21N/c1-4-5-6-14-10-13-9-12(11(2)3)7-8-15(13)16-14/h7-11,16H,4-6H2,1-3H3. The number of hydrogen-bond donors (Lipinski definition) is 1. The van der Waals surface area contributed by atoms with Crippen molar-refractivity contribution < 1.29 is 0 Å². The summed E-state index contributed by atoms with van der Waals surface area (Å²) in [4.78, 5) is 3.50. The van der Waals surface area contributed by atoms with Crippen LogP contribution < -0.4 is 0 Å². The summed E-state index contributed by atoms with van der Waals surface area (Å²) in [6.07, 6.45) is 3.69. The Morgan fingerprint density at radius 1 is 1.19 bits per heavy atom. The second kappa shape index (κ2) is 4.73. The number of unbranched alkanes of at least 4 members (excludes halogenated alkanes) is 1. The van der Waals surface area contributed by atoms with Gasteiger partial charge >= 0.3 is 0 Å². The van der Waals surface area contributed by atoms with E-state index in [1.54, 1.807) is 0 Å². The number of H-pyrrole nitrogens is 1. The second-order valence-electron chi connectivity index (χ2n) is 4.90. The maximum absolute atomic E-state index is 3.50. The number of rotatable bonds is 4. The highest BCUT2D eigenvalue weighted by Crippen LogP contribution is 2.22. The van der Waals surface area contributed by atoms with Gasteiger partial charge in [-0.2, -0.15) is 0 Å². The van der Waals surface area contributed by atoms with Gasteiger partial charge in [-0.3, -0.25) is 0 Å². The third-order valence-corrected chi connectivity index (χ3v) is 3.17. The fourth-order valence-electron chi connectivity index (χ4n) is 2.07. The van der Waals surface area contributed by atoms with Crippen LogP contribution in [0.5, 0.6) is 0 Å². The van der Waals surface area contributed by atoms with Crippen molar-refractivity contribution in [1.29, 1.82) is 0 Å². The van der Waals surface area contributed by atoms with E-state index < -0.39 is 0 Å².